The van der Waals surface area contributed by atoms with Crippen LogP contribution in [0, 0.1) is 0 Å². The molecule has 0 amide bonds. The van der Waals surface area contributed by atoms with Gasteiger partial charge in [-0.1, -0.05) is 12.1 Å². The lowest BCUT2D eigenvalue weighted by atomic mass is 10.1. The van der Waals surface area contributed by atoms with Crippen LogP contribution in [0.4, 0.5) is 0 Å². The highest BCUT2D eigenvalue weighted by Gasteiger charge is 2.22. The topological polar surface area (TPSA) is 44.5 Å². The van der Waals surface area contributed by atoms with Crippen LogP contribution < -0.4 is 10.5 Å². The number of hydrogen-bond acceptors (Lipinski definition) is 3. The van der Waals surface area contributed by atoms with Gasteiger partial charge in [-0.2, -0.15) is 0 Å². The molecular formula is C14H21NO2. The van der Waals surface area contributed by atoms with Gasteiger partial charge in [0.2, 0.25) is 0 Å². The fourth-order valence-electron chi connectivity index (χ4n) is 2.08. The highest BCUT2D eigenvalue weighted by atomic mass is 16.5. The van der Waals surface area contributed by atoms with Crippen LogP contribution >= 0.6 is 0 Å². The highest BCUT2D eigenvalue weighted by Crippen LogP contribution is 2.22. The molecule has 17 heavy (non-hydrogen) atoms. The Morgan fingerprint density at radius 2 is 2.29 bits per heavy atom. The van der Waals surface area contributed by atoms with E-state index < -0.39 is 0 Å². The quantitative estimate of drug-likeness (QED) is 0.872. The van der Waals surface area contributed by atoms with Crippen molar-refractivity contribution in [3.63, 3.8) is 0 Å². The maximum absolute atomic E-state index is 5.84. The Balaban J connectivity index is 1.88. The van der Waals surface area contributed by atoms with Crippen LogP contribution in [0.2, 0.25) is 0 Å². The molecule has 0 spiro atoms. The van der Waals surface area contributed by atoms with Crippen molar-refractivity contribution < 1.29 is 9.47 Å². The zero-order valence-corrected chi connectivity index (χ0v) is 10.6. The van der Waals surface area contributed by atoms with Gasteiger partial charge in [0.25, 0.3) is 0 Å². The smallest absolute Gasteiger partial charge is 0.119 e. The van der Waals surface area contributed by atoms with Gasteiger partial charge in [0.15, 0.2) is 0 Å². The lowest BCUT2D eigenvalue weighted by Crippen LogP contribution is -2.18. The highest BCUT2D eigenvalue weighted by molar-refractivity contribution is 5.30. The van der Waals surface area contributed by atoms with E-state index in [-0.39, 0.29) is 12.1 Å². The predicted molar refractivity (Wildman–Crippen MR) is 68.1 cm³/mol. The third-order valence-corrected chi connectivity index (χ3v) is 3.14. The Bertz CT molecular complexity index is 365. The van der Waals surface area contributed by atoms with Crippen LogP contribution in [-0.4, -0.2) is 18.8 Å². The number of benzene rings is 1. The van der Waals surface area contributed by atoms with Gasteiger partial charge in [-0.3, -0.25) is 0 Å². The van der Waals surface area contributed by atoms with Gasteiger partial charge >= 0.3 is 0 Å². The summed E-state index contributed by atoms with van der Waals surface area (Å²) in [4.78, 5) is 0. The van der Waals surface area contributed by atoms with Gasteiger partial charge in [-0.05, 0) is 44.4 Å². The van der Waals surface area contributed by atoms with E-state index >= 15 is 0 Å². The third-order valence-electron chi connectivity index (χ3n) is 3.14. The van der Waals surface area contributed by atoms with E-state index in [2.05, 4.69) is 6.92 Å². The summed E-state index contributed by atoms with van der Waals surface area (Å²) in [6.07, 6.45) is 2.84. The fraction of sp³-hybridized carbons (Fsp3) is 0.571. The van der Waals surface area contributed by atoms with Gasteiger partial charge in [-0.25, -0.2) is 0 Å². The van der Waals surface area contributed by atoms with E-state index in [0.29, 0.717) is 12.7 Å². The summed E-state index contributed by atoms with van der Waals surface area (Å²) in [6, 6.07) is 8.01. The molecule has 0 saturated carbocycles. The standard InChI is InChI=1S/C14H21NO2/c1-10-6-7-14(17-10)9-16-13-5-3-4-12(8-13)11(2)15/h3-5,8,10-11,14H,6-7,9,15H2,1-2H3/t10?,11-,14?/m0/s1. The lowest BCUT2D eigenvalue weighted by molar-refractivity contribution is 0.0264. The largest absolute Gasteiger partial charge is 0.491 e. The molecule has 1 aliphatic heterocycles. The zero-order valence-electron chi connectivity index (χ0n) is 10.6. The predicted octanol–water partition coefficient (Wildman–Crippen LogP) is 2.65. The van der Waals surface area contributed by atoms with Crippen molar-refractivity contribution in [3.8, 4) is 5.75 Å². The molecule has 0 bridgehead atoms. The third kappa shape index (κ3) is 3.45. The molecule has 0 aromatic heterocycles. The van der Waals surface area contributed by atoms with Crippen molar-refractivity contribution in [3.05, 3.63) is 29.8 Å². The van der Waals surface area contributed by atoms with Crippen LogP contribution in [0.5, 0.6) is 5.75 Å². The summed E-state index contributed by atoms with van der Waals surface area (Å²) in [7, 11) is 0. The molecule has 1 aromatic rings. The summed E-state index contributed by atoms with van der Waals surface area (Å²) in [6.45, 7) is 4.71. The molecule has 94 valence electrons. The van der Waals surface area contributed by atoms with Crippen molar-refractivity contribution in [2.24, 2.45) is 5.73 Å². The summed E-state index contributed by atoms with van der Waals surface area (Å²) < 4.78 is 11.5. The van der Waals surface area contributed by atoms with Crippen molar-refractivity contribution in [1.29, 1.82) is 0 Å². The van der Waals surface area contributed by atoms with Crippen LogP contribution in [-0.2, 0) is 4.74 Å². The number of rotatable bonds is 4. The fourth-order valence-corrected chi connectivity index (χ4v) is 2.08. The van der Waals surface area contributed by atoms with Gasteiger partial charge < -0.3 is 15.2 Å². The summed E-state index contributed by atoms with van der Waals surface area (Å²) in [5, 5.41) is 0. The van der Waals surface area contributed by atoms with Crippen LogP contribution in [0.1, 0.15) is 38.3 Å². The molecule has 1 aromatic carbocycles. The first-order valence-corrected chi connectivity index (χ1v) is 6.29. The van der Waals surface area contributed by atoms with Gasteiger partial charge in [0.1, 0.15) is 12.4 Å². The molecule has 0 radical (unpaired) electrons. The van der Waals surface area contributed by atoms with Gasteiger partial charge in [-0.15, -0.1) is 0 Å². The van der Waals surface area contributed by atoms with Crippen LogP contribution in [0.25, 0.3) is 0 Å². The van der Waals surface area contributed by atoms with E-state index in [9.17, 15) is 0 Å². The summed E-state index contributed by atoms with van der Waals surface area (Å²) in [5.74, 6) is 0.878. The molecule has 2 rings (SSSR count). The number of hydrogen-bond donors (Lipinski definition) is 1. The Kier molecular flexibility index (Phi) is 4.02. The summed E-state index contributed by atoms with van der Waals surface area (Å²) >= 11 is 0. The Hall–Kier alpha value is -1.06. The van der Waals surface area contributed by atoms with Crippen LogP contribution in [0.3, 0.4) is 0 Å². The van der Waals surface area contributed by atoms with Gasteiger partial charge in [0.05, 0.1) is 12.2 Å². The molecule has 1 heterocycles. The second kappa shape index (κ2) is 5.52. The molecule has 0 aliphatic carbocycles. The maximum Gasteiger partial charge on any atom is 0.119 e. The Labute approximate surface area is 103 Å². The first kappa shape index (κ1) is 12.4. The summed E-state index contributed by atoms with van der Waals surface area (Å²) in [5.41, 5.74) is 6.94. The SMILES string of the molecule is CC1CCC(COc2cccc([C@H](C)N)c2)O1. The van der Waals surface area contributed by atoms with E-state index in [1.165, 1.54) is 0 Å². The Morgan fingerprint density at radius 1 is 1.47 bits per heavy atom. The molecule has 1 fully saturated rings. The molecule has 1 aliphatic rings. The molecule has 3 heteroatoms. The molecular weight excluding hydrogens is 214 g/mol. The maximum atomic E-state index is 5.84. The normalized spacial score (nSPS) is 25.8. The molecule has 3 atom stereocenters. The first-order valence-electron chi connectivity index (χ1n) is 6.29. The molecule has 2 N–H and O–H groups in total. The average Bonchev–Trinajstić information content (AvgIpc) is 2.73. The minimum absolute atomic E-state index is 0.0429. The minimum atomic E-state index is 0.0429. The molecule has 3 nitrogen and oxygen atoms in total. The van der Waals surface area contributed by atoms with Gasteiger partial charge in [0, 0.05) is 6.04 Å². The van der Waals surface area contributed by atoms with E-state index in [0.717, 1.165) is 24.2 Å². The van der Waals surface area contributed by atoms with Crippen molar-refractivity contribution in [2.75, 3.05) is 6.61 Å². The van der Waals surface area contributed by atoms with E-state index in [1.54, 1.807) is 0 Å². The van der Waals surface area contributed by atoms with Crippen LogP contribution in [0.15, 0.2) is 24.3 Å². The van der Waals surface area contributed by atoms with E-state index in [4.69, 9.17) is 15.2 Å². The zero-order chi connectivity index (χ0) is 12.3. The number of nitrogens with two attached hydrogens (primary N) is 1. The second-order valence-corrected chi connectivity index (χ2v) is 4.82. The second-order valence-electron chi connectivity index (χ2n) is 4.82. The lowest BCUT2D eigenvalue weighted by Gasteiger charge is -2.14. The Morgan fingerprint density at radius 3 is 2.94 bits per heavy atom. The first-order chi connectivity index (χ1) is 8.15. The molecule has 2 unspecified atom stereocenters. The average molecular weight is 235 g/mol. The molecule has 1 saturated heterocycles. The van der Waals surface area contributed by atoms with Crippen molar-refractivity contribution >= 4 is 0 Å². The van der Waals surface area contributed by atoms with Crippen molar-refractivity contribution in [2.45, 2.75) is 44.9 Å². The van der Waals surface area contributed by atoms with E-state index in [1.807, 2.05) is 31.2 Å². The monoisotopic (exact) mass is 235 g/mol. The minimum Gasteiger partial charge on any atom is -0.491 e. The van der Waals surface area contributed by atoms with Crippen molar-refractivity contribution in [1.82, 2.24) is 0 Å². The number of ether oxygens (including phenoxy) is 2.